The van der Waals surface area contributed by atoms with Gasteiger partial charge in [-0.05, 0) is 38.5 Å². The Kier molecular flexibility index (Phi) is 9.15. The first kappa shape index (κ1) is 23.5. The van der Waals surface area contributed by atoms with E-state index in [1.165, 1.54) is 0 Å². The monoisotopic (exact) mass is 438 g/mol. The van der Waals surface area contributed by atoms with Crippen molar-refractivity contribution in [2.75, 3.05) is 13.2 Å². The van der Waals surface area contributed by atoms with Crippen molar-refractivity contribution < 1.29 is 38.1 Å². The van der Waals surface area contributed by atoms with E-state index in [4.69, 9.17) is 18.9 Å². The van der Waals surface area contributed by atoms with Gasteiger partial charge in [0, 0.05) is 0 Å². The second kappa shape index (κ2) is 12.1. The minimum atomic E-state index is -1.01. The first-order chi connectivity index (χ1) is 15.1. The van der Waals surface area contributed by atoms with Crippen LogP contribution in [0.1, 0.15) is 77.0 Å². The molecule has 3 aliphatic rings. The Balaban J connectivity index is 1.66. The lowest BCUT2D eigenvalue weighted by molar-refractivity contribution is -0.185. The topological polar surface area (TPSA) is 105 Å². The molecule has 174 valence electrons. The maximum absolute atomic E-state index is 12.7. The molecule has 8 heteroatoms. The van der Waals surface area contributed by atoms with Gasteiger partial charge in [0.05, 0.1) is 17.8 Å². The molecule has 3 saturated carbocycles. The van der Waals surface area contributed by atoms with Gasteiger partial charge >= 0.3 is 17.9 Å². The highest BCUT2D eigenvalue weighted by atomic mass is 16.6. The minimum absolute atomic E-state index is 0.142. The van der Waals surface area contributed by atoms with Gasteiger partial charge in [0.2, 0.25) is 0 Å². The Morgan fingerprint density at radius 1 is 0.645 bits per heavy atom. The molecule has 0 bridgehead atoms. The Hall–Kier alpha value is -2.12. The molecular weight excluding hydrogens is 404 g/mol. The van der Waals surface area contributed by atoms with E-state index in [0.717, 1.165) is 77.0 Å². The average Bonchev–Trinajstić information content (AvgIpc) is 3.55. The summed E-state index contributed by atoms with van der Waals surface area (Å²) in [5.74, 6) is -1.64. The molecule has 3 fully saturated rings. The predicted molar refractivity (Wildman–Crippen MR) is 109 cm³/mol. The van der Waals surface area contributed by atoms with Crippen molar-refractivity contribution in [1.82, 2.24) is 0 Å². The van der Waals surface area contributed by atoms with Gasteiger partial charge in [0.15, 0.2) is 12.2 Å². The van der Waals surface area contributed by atoms with Crippen molar-refractivity contribution in [3.63, 3.8) is 0 Å². The van der Waals surface area contributed by atoms with E-state index in [9.17, 15) is 19.2 Å². The second-order valence-electron chi connectivity index (χ2n) is 8.95. The van der Waals surface area contributed by atoms with Crippen LogP contribution in [0.25, 0.3) is 0 Å². The fourth-order valence-corrected chi connectivity index (χ4v) is 4.83. The molecule has 0 saturated heterocycles. The lowest BCUT2D eigenvalue weighted by Crippen LogP contribution is -2.44. The molecule has 0 aromatic carbocycles. The summed E-state index contributed by atoms with van der Waals surface area (Å²) in [5, 5.41) is 0. The van der Waals surface area contributed by atoms with Gasteiger partial charge in [-0.3, -0.25) is 19.2 Å². The van der Waals surface area contributed by atoms with E-state index < -0.39 is 12.2 Å². The maximum atomic E-state index is 12.7. The van der Waals surface area contributed by atoms with Gasteiger partial charge in [-0.25, -0.2) is 0 Å². The molecule has 0 radical (unpaired) electrons. The van der Waals surface area contributed by atoms with Gasteiger partial charge in [-0.2, -0.15) is 0 Å². The molecule has 2 atom stereocenters. The van der Waals surface area contributed by atoms with Crippen molar-refractivity contribution in [3.05, 3.63) is 0 Å². The van der Waals surface area contributed by atoms with E-state index in [1.54, 1.807) is 0 Å². The van der Waals surface area contributed by atoms with Crippen LogP contribution in [0.4, 0.5) is 0 Å². The summed E-state index contributed by atoms with van der Waals surface area (Å²) in [4.78, 5) is 48.5. The van der Waals surface area contributed by atoms with Crippen molar-refractivity contribution in [1.29, 1.82) is 0 Å². The quantitative estimate of drug-likeness (QED) is 0.275. The summed E-state index contributed by atoms with van der Waals surface area (Å²) in [6.45, 7) is -0.221. The summed E-state index contributed by atoms with van der Waals surface area (Å²) in [6, 6.07) is 0. The van der Waals surface area contributed by atoms with Gasteiger partial charge in [-0.15, -0.1) is 0 Å². The molecular formula is C23H34O8. The number of rotatable bonds is 11. The molecule has 3 aliphatic carbocycles. The van der Waals surface area contributed by atoms with Crippen molar-refractivity contribution in [2.45, 2.75) is 89.3 Å². The number of hydrogen-bond donors (Lipinski definition) is 0. The molecule has 0 amide bonds. The Morgan fingerprint density at radius 3 is 1.45 bits per heavy atom. The SMILES string of the molecule is O=COCC(OC(=O)C1CCCC1)C(COC(=O)C1CCCC1)OC(=O)C1CCCC1. The zero-order valence-electron chi connectivity index (χ0n) is 18.1. The third-order valence-corrected chi connectivity index (χ3v) is 6.73. The zero-order chi connectivity index (χ0) is 22.1. The maximum Gasteiger partial charge on any atom is 0.309 e. The first-order valence-electron chi connectivity index (χ1n) is 11.7. The Labute approximate surface area is 183 Å². The number of hydrogen-bond acceptors (Lipinski definition) is 8. The van der Waals surface area contributed by atoms with Crippen molar-refractivity contribution >= 4 is 24.4 Å². The van der Waals surface area contributed by atoms with Crippen LogP contribution < -0.4 is 0 Å². The molecule has 31 heavy (non-hydrogen) atoms. The Morgan fingerprint density at radius 2 is 1.03 bits per heavy atom. The summed E-state index contributed by atoms with van der Waals surface area (Å²) in [7, 11) is 0. The molecule has 0 aliphatic heterocycles. The van der Waals surface area contributed by atoms with Crippen molar-refractivity contribution in [3.8, 4) is 0 Å². The van der Waals surface area contributed by atoms with Gasteiger partial charge < -0.3 is 18.9 Å². The van der Waals surface area contributed by atoms with Crippen LogP contribution in [0, 0.1) is 17.8 Å². The molecule has 8 nitrogen and oxygen atoms in total. The third-order valence-electron chi connectivity index (χ3n) is 6.73. The fraction of sp³-hybridized carbons (Fsp3) is 0.826. The molecule has 0 aromatic rings. The normalized spacial score (nSPS) is 22.1. The summed E-state index contributed by atoms with van der Waals surface area (Å²) in [6.07, 6.45) is 8.43. The largest absolute Gasteiger partial charge is 0.464 e. The Bertz CT molecular complexity index is 615. The highest BCUT2D eigenvalue weighted by Gasteiger charge is 2.36. The van der Waals surface area contributed by atoms with Crippen LogP contribution in [0.2, 0.25) is 0 Å². The van der Waals surface area contributed by atoms with Gasteiger partial charge in [0.1, 0.15) is 13.2 Å². The van der Waals surface area contributed by atoms with E-state index in [0.29, 0.717) is 0 Å². The molecule has 0 spiro atoms. The van der Waals surface area contributed by atoms with Gasteiger partial charge in [-0.1, -0.05) is 38.5 Å². The third kappa shape index (κ3) is 6.94. The molecule has 0 aromatic heterocycles. The van der Waals surface area contributed by atoms with Crippen LogP contribution in [0.15, 0.2) is 0 Å². The van der Waals surface area contributed by atoms with Crippen LogP contribution in [-0.2, 0) is 38.1 Å². The number of carbonyl (C=O) groups is 4. The average molecular weight is 439 g/mol. The van der Waals surface area contributed by atoms with Crippen LogP contribution >= 0.6 is 0 Å². The molecule has 2 unspecified atom stereocenters. The van der Waals surface area contributed by atoms with E-state index in [2.05, 4.69) is 0 Å². The number of carbonyl (C=O) groups excluding carboxylic acids is 4. The molecule has 3 rings (SSSR count). The highest BCUT2D eigenvalue weighted by Crippen LogP contribution is 2.29. The minimum Gasteiger partial charge on any atom is -0.464 e. The standard InChI is InChI=1S/C23H34O8/c24-15-28-13-19(30-22(26)17-9-3-4-10-17)20(31-23(27)18-11-5-6-12-18)14-29-21(25)16-7-1-2-8-16/h15-20H,1-14H2. The first-order valence-corrected chi connectivity index (χ1v) is 11.7. The lowest BCUT2D eigenvalue weighted by Gasteiger charge is -2.28. The molecule has 0 heterocycles. The number of ether oxygens (including phenoxy) is 4. The van der Waals surface area contributed by atoms with E-state index in [1.807, 2.05) is 0 Å². The zero-order valence-corrected chi connectivity index (χ0v) is 18.1. The molecule has 0 N–H and O–H groups in total. The lowest BCUT2D eigenvalue weighted by atomic mass is 10.1. The highest BCUT2D eigenvalue weighted by molar-refractivity contribution is 5.74. The fourth-order valence-electron chi connectivity index (χ4n) is 4.83. The summed E-state index contributed by atoms with van der Waals surface area (Å²) < 4.78 is 21.6. The van der Waals surface area contributed by atoms with Crippen LogP contribution in [0.3, 0.4) is 0 Å². The summed E-state index contributed by atoms with van der Waals surface area (Å²) in [5.41, 5.74) is 0. The number of esters is 3. The second-order valence-corrected chi connectivity index (χ2v) is 8.95. The van der Waals surface area contributed by atoms with E-state index in [-0.39, 0.29) is 55.3 Å². The summed E-state index contributed by atoms with van der Waals surface area (Å²) >= 11 is 0. The van der Waals surface area contributed by atoms with Crippen molar-refractivity contribution in [2.24, 2.45) is 17.8 Å². The smallest absolute Gasteiger partial charge is 0.309 e. The van der Waals surface area contributed by atoms with Crippen LogP contribution in [-0.4, -0.2) is 49.8 Å². The van der Waals surface area contributed by atoms with E-state index >= 15 is 0 Å². The van der Waals surface area contributed by atoms with Crippen LogP contribution in [0.5, 0.6) is 0 Å². The predicted octanol–water partition coefficient (Wildman–Crippen LogP) is 3.10. The van der Waals surface area contributed by atoms with Gasteiger partial charge in [0.25, 0.3) is 6.47 Å².